The van der Waals surface area contributed by atoms with Gasteiger partial charge in [-0.05, 0) is 44.9 Å². The molecule has 1 aliphatic heterocycles. The summed E-state index contributed by atoms with van der Waals surface area (Å²) in [5.41, 5.74) is 1.88. The zero-order valence-electron chi connectivity index (χ0n) is 13.3. The molecule has 1 N–H and O–H groups in total. The monoisotopic (exact) mass is 304 g/mol. The van der Waals surface area contributed by atoms with Gasteiger partial charge in [-0.25, -0.2) is 0 Å². The molecule has 0 bridgehead atoms. The Kier molecular flexibility index (Phi) is 5.95. The summed E-state index contributed by atoms with van der Waals surface area (Å²) in [6.07, 6.45) is 1.76. The minimum atomic E-state index is -0.147. The number of aryl methyl sites for hydroxylation is 1. The van der Waals surface area contributed by atoms with Crippen LogP contribution in [0.3, 0.4) is 0 Å². The molecule has 5 nitrogen and oxygen atoms in total. The SMILES string of the molecule is CCOC(=O)[C@@H]1CCCN(CC(=O)Nc2ccccc2C)C1. The van der Waals surface area contributed by atoms with E-state index in [0.29, 0.717) is 19.7 Å². The fourth-order valence-electron chi connectivity index (χ4n) is 2.76. The Balaban J connectivity index is 1.86. The molecule has 120 valence electrons. The van der Waals surface area contributed by atoms with Gasteiger partial charge in [0.15, 0.2) is 0 Å². The summed E-state index contributed by atoms with van der Waals surface area (Å²) in [4.78, 5) is 26.0. The van der Waals surface area contributed by atoms with Gasteiger partial charge in [0.05, 0.1) is 19.1 Å². The Hall–Kier alpha value is -1.88. The molecule has 0 radical (unpaired) electrons. The number of hydrogen-bond acceptors (Lipinski definition) is 4. The second kappa shape index (κ2) is 7.94. The summed E-state index contributed by atoms with van der Waals surface area (Å²) in [5, 5.41) is 2.93. The molecule has 22 heavy (non-hydrogen) atoms. The molecule has 0 aromatic heterocycles. The lowest BCUT2D eigenvalue weighted by Gasteiger charge is -2.30. The Morgan fingerprint density at radius 1 is 1.36 bits per heavy atom. The Morgan fingerprint density at radius 3 is 2.86 bits per heavy atom. The van der Waals surface area contributed by atoms with Crippen LogP contribution in [-0.4, -0.2) is 43.0 Å². The molecule has 5 heteroatoms. The van der Waals surface area contributed by atoms with Crippen LogP contribution in [0.5, 0.6) is 0 Å². The molecule has 1 fully saturated rings. The van der Waals surface area contributed by atoms with E-state index >= 15 is 0 Å². The molecular weight excluding hydrogens is 280 g/mol. The first kappa shape index (κ1) is 16.5. The third-order valence-electron chi connectivity index (χ3n) is 3.91. The number of ether oxygens (including phenoxy) is 1. The summed E-state index contributed by atoms with van der Waals surface area (Å²) in [6.45, 7) is 5.94. The molecule has 0 unspecified atom stereocenters. The van der Waals surface area contributed by atoms with Crippen molar-refractivity contribution in [1.82, 2.24) is 4.90 Å². The van der Waals surface area contributed by atoms with Gasteiger partial charge >= 0.3 is 5.97 Å². The zero-order valence-corrected chi connectivity index (χ0v) is 13.3. The Bertz CT molecular complexity index is 530. The number of esters is 1. The number of piperidine rings is 1. The zero-order chi connectivity index (χ0) is 15.9. The van der Waals surface area contributed by atoms with Gasteiger partial charge in [0.1, 0.15) is 0 Å². The summed E-state index contributed by atoms with van der Waals surface area (Å²) < 4.78 is 5.08. The molecule has 1 amide bonds. The van der Waals surface area contributed by atoms with Crippen LogP contribution >= 0.6 is 0 Å². The first-order valence-electron chi connectivity index (χ1n) is 7.84. The highest BCUT2D eigenvalue weighted by Gasteiger charge is 2.27. The highest BCUT2D eigenvalue weighted by Crippen LogP contribution is 2.18. The highest BCUT2D eigenvalue weighted by atomic mass is 16.5. The summed E-state index contributed by atoms with van der Waals surface area (Å²) in [7, 11) is 0. The molecule has 1 atom stereocenters. The molecule has 0 spiro atoms. The third kappa shape index (κ3) is 4.56. The van der Waals surface area contributed by atoms with E-state index in [0.717, 1.165) is 30.6 Å². The van der Waals surface area contributed by atoms with E-state index in [9.17, 15) is 9.59 Å². The maximum atomic E-state index is 12.2. The number of likely N-dealkylation sites (tertiary alicyclic amines) is 1. The van der Waals surface area contributed by atoms with Gasteiger partial charge in [-0.15, -0.1) is 0 Å². The Morgan fingerprint density at radius 2 is 2.14 bits per heavy atom. The normalized spacial score (nSPS) is 18.7. The lowest BCUT2D eigenvalue weighted by atomic mass is 9.98. The Labute approximate surface area is 131 Å². The lowest BCUT2D eigenvalue weighted by Crippen LogP contribution is -2.43. The molecule has 1 aliphatic rings. The van der Waals surface area contributed by atoms with E-state index in [4.69, 9.17) is 4.74 Å². The van der Waals surface area contributed by atoms with Gasteiger partial charge in [-0.1, -0.05) is 18.2 Å². The molecule has 1 saturated heterocycles. The molecule has 1 heterocycles. The predicted molar refractivity (Wildman–Crippen MR) is 85.6 cm³/mol. The van der Waals surface area contributed by atoms with E-state index in [2.05, 4.69) is 5.32 Å². The van der Waals surface area contributed by atoms with Crippen LogP contribution in [0, 0.1) is 12.8 Å². The van der Waals surface area contributed by atoms with Crippen LogP contribution in [0.15, 0.2) is 24.3 Å². The number of nitrogens with zero attached hydrogens (tertiary/aromatic N) is 1. The third-order valence-corrected chi connectivity index (χ3v) is 3.91. The molecule has 0 saturated carbocycles. The minimum Gasteiger partial charge on any atom is -0.466 e. The van der Waals surface area contributed by atoms with Crippen molar-refractivity contribution in [3.8, 4) is 0 Å². The molecule has 1 aromatic carbocycles. The van der Waals surface area contributed by atoms with Gasteiger partial charge in [-0.2, -0.15) is 0 Å². The van der Waals surface area contributed by atoms with E-state index in [1.54, 1.807) is 0 Å². The summed E-state index contributed by atoms with van der Waals surface area (Å²) in [6, 6.07) is 7.71. The highest BCUT2D eigenvalue weighted by molar-refractivity contribution is 5.93. The number of hydrogen-bond donors (Lipinski definition) is 1. The van der Waals surface area contributed by atoms with E-state index in [1.165, 1.54) is 0 Å². The fourth-order valence-corrected chi connectivity index (χ4v) is 2.76. The average Bonchev–Trinajstić information content (AvgIpc) is 2.50. The predicted octanol–water partition coefficient (Wildman–Crippen LogP) is 2.21. The van der Waals surface area contributed by atoms with Gasteiger partial charge in [0.25, 0.3) is 0 Å². The minimum absolute atomic E-state index is 0.0428. The van der Waals surface area contributed by atoms with Crippen LogP contribution in [0.4, 0.5) is 5.69 Å². The number of benzene rings is 1. The van der Waals surface area contributed by atoms with Crippen LogP contribution in [0.2, 0.25) is 0 Å². The van der Waals surface area contributed by atoms with Crippen molar-refractivity contribution >= 4 is 17.6 Å². The van der Waals surface area contributed by atoms with Crippen LogP contribution in [0.25, 0.3) is 0 Å². The van der Waals surface area contributed by atoms with Crippen molar-refractivity contribution in [3.05, 3.63) is 29.8 Å². The lowest BCUT2D eigenvalue weighted by molar-refractivity contribution is -0.150. The van der Waals surface area contributed by atoms with Crippen molar-refractivity contribution in [2.45, 2.75) is 26.7 Å². The number of anilines is 1. The number of rotatable bonds is 5. The van der Waals surface area contributed by atoms with Crippen molar-refractivity contribution < 1.29 is 14.3 Å². The average molecular weight is 304 g/mol. The number of amides is 1. The van der Waals surface area contributed by atoms with Crippen LogP contribution in [0.1, 0.15) is 25.3 Å². The number of para-hydroxylation sites is 1. The molecular formula is C17H24N2O3. The van der Waals surface area contributed by atoms with Gasteiger partial charge in [0, 0.05) is 12.2 Å². The maximum absolute atomic E-state index is 12.2. The number of carbonyl (C=O) groups is 2. The van der Waals surface area contributed by atoms with E-state index in [-0.39, 0.29) is 17.8 Å². The summed E-state index contributed by atoms with van der Waals surface area (Å²) >= 11 is 0. The fraction of sp³-hybridized carbons (Fsp3) is 0.529. The van der Waals surface area contributed by atoms with Crippen molar-refractivity contribution in [1.29, 1.82) is 0 Å². The molecule has 1 aromatic rings. The standard InChI is InChI=1S/C17H24N2O3/c1-3-22-17(21)14-8-6-10-19(11-14)12-16(20)18-15-9-5-4-7-13(15)2/h4-5,7,9,14H,3,6,8,10-12H2,1-2H3,(H,18,20)/t14-/m1/s1. The first-order valence-corrected chi connectivity index (χ1v) is 7.84. The van der Waals surface area contributed by atoms with Gasteiger partial charge < -0.3 is 10.1 Å². The van der Waals surface area contributed by atoms with Crippen LogP contribution < -0.4 is 5.32 Å². The molecule has 2 rings (SSSR count). The second-order valence-electron chi connectivity index (χ2n) is 5.69. The summed E-state index contributed by atoms with van der Waals surface area (Å²) in [5.74, 6) is -0.301. The van der Waals surface area contributed by atoms with E-state index in [1.807, 2.05) is 43.0 Å². The van der Waals surface area contributed by atoms with Crippen molar-refractivity contribution in [2.24, 2.45) is 5.92 Å². The topological polar surface area (TPSA) is 58.6 Å². The van der Waals surface area contributed by atoms with Gasteiger partial charge in [-0.3, -0.25) is 14.5 Å². The molecule has 0 aliphatic carbocycles. The van der Waals surface area contributed by atoms with Crippen molar-refractivity contribution in [2.75, 3.05) is 31.6 Å². The smallest absolute Gasteiger partial charge is 0.310 e. The van der Waals surface area contributed by atoms with E-state index < -0.39 is 0 Å². The first-order chi connectivity index (χ1) is 10.6. The largest absolute Gasteiger partial charge is 0.466 e. The number of carbonyl (C=O) groups excluding carboxylic acids is 2. The number of nitrogens with one attached hydrogen (secondary N) is 1. The van der Waals surface area contributed by atoms with Crippen LogP contribution in [-0.2, 0) is 14.3 Å². The van der Waals surface area contributed by atoms with Crippen molar-refractivity contribution in [3.63, 3.8) is 0 Å². The second-order valence-corrected chi connectivity index (χ2v) is 5.69. The van der Waals surface area contributed by atoms with Gasteiger partial charge in [0.2, 0.25) is 5.91 Å². The maximum Gasteiger partial charge on any atom is 0.310 e. The quantitative estimate of drug-likeness (QED) is 0.847.